The molecule has 0 radical (unpaired) electrons. The maximum atomic E-state index is 13.8. The van der Waals surface area contributed by atoms with Crippen LogP contribution in [0.4, 0.5) is 5.69 Å². The molecule has 1 heterocycles. The number of ketones is 1. The molecule has 4 nitrogen and oxygen atoms in total. The van der Waals surface area contributed by atoms with E-state index in [1.165, 1.54) is 30.5 Å². The largest absolute Gasteiger partial charge is 0.495 e. The Morgan fingerprint density at radius 3 is 2.24 bits per heavy atom. The summed E-state index contributed by atoms with van der Waals surface area (Å²) in [6, 6.07) is 18.8. The maximum Gasteiger partial charge on any atom is 0.146 e. The molecule has 33 heavy (non-hydrogen) atoms. The van der Waals surface area contributed by atoms with Gasteiger partial charge in [-0.25, -0.2) is 0 Å². The molecule has 2 aromatic rings. The van der Waals surface area contributed by atoms with Gasteiger partial charge in [-0.3, -0.25) is 9.69 Å². The summed E-state index contributed by atoms with van der Waals surface area (Å²) in [5.41, 5.74) is 1.96. The summed E-state index contributed by atoms with van der Waals surface area (Å²) < 4.78 is 5.56. The van der Waals surface area contributed by atoms with E-state index < -0.39 is 5.41 Å². The Morgan fingerprint density at radius 1 is 0.939 bits per heavy atom. The van der Waals surface area contributed by atoms with E-state index in [0.717, 1.165) is 57.7 Å². The van der Waals surface area contributed by atoms with Crippen LogP contribution in [0.2, 0.25) is 0 Å². The molecule has 5 heteroatoms. The van der Waals surface area contributed by atoms with Crippen molar-refractivity contribution in [2.24, 2.45) is 5.92 Å². The highest BCUT2D eigenvalue weighted by Gasteiger charge is 2.39. The molecule has 2 fully saturated rings. The second-order valence-corrected chi connectivity index (χ2v) is 9.65. The maximum absolute atomic E-state index is 13.8. The topological polar surface area (TPSA) is 32.8 Å². The first kappa shape index (κ1) is 25.6. The van der Waals surface area contributed by atoms with E-state index in [4.69, 9.17) is 4.74 Å². The van der Waals surface area contributed by atoms with E-state index >= 15 is 0 Å². The molecule has 1 aliphatic carbocycles. The van der Waals surface area contributed by atoms with Gasteiger partial charge < -0.3 is 9.64 Å². The van der Waals surface area contributed by atoms with Gasteiger partial charge in [-0.1, -0.05) is 61.7 Å². The first-order valence-corrected chi connectivity index (χ1v) is 12.3. The summed E-state index contributed by atoms with van der Waals surface area (Å²) in [4.78, 5) is 18.7. The molecule has 0 N–H and O–H groups in total. The van der Waals surface area contributed by atoms with E-state index in [0.29, 0.717) is 5.78 Å². The number of nitrogens with zero attached hydrogens (tertiary/aromatic N) is 2. The Hall–Kier alpha value is -2.04. The average molecular weight is 471 g/mol. The minimum atomic E-state index is -0.400. The van der Waals surface area contributed by atoms with Gasteiger partial charge in [0.1, 0.15) is 11.5 Å². The van der Waals surface area contributed by atoms with E-state index in [2.05, 4.69) is 53.1 Å². The smallest absolute Gasteiger partial charge is 0.146 e. The van der Waals surface area contributed by atoms with Crippen LogP contribution in [0.15, 0.2) is 54.6 Å². The van der Waals surface area contributed by atoms with Crippen molar-refractivity contribution < 1.29 is 9.53 Å². The standard InChI is InChI=1S/C28H38N2O2.ClH/c1-28(24-13-7-4-8-14-24,27(31)23-11-5-3-6-12-23)17-18-29-19-21-30(22-20-29)25-15-9-10-16-26(25)32-2;/h4,7-10,13-16,23H,3,5-6,11-12,17-22H2,1-2H3;1H. The lowest BCUT2D eigenvalue weighted by Gasteiger charge is -2.39. The molecule has 0 spiro atoms. The molecular weight excluding hydrogens is 432 g/mol. The van der Waals surface area contributed by atoms with Gasteiger partial charge in [0, 0.05) is 32.1 Å². The number of carbonyl (C=O) groups excluding carboxylic acids is 1. The molecule has 0 aromatic heterocycles. The number of Topliss-reactive ketones (excluding diaryl/α,β-unsaturated/α-hetero) is 1. The molecule has 4 rings (SSSR count). The number of carbonyl (C=O) groups is 1. The van der Waals surface area contributed by atoms with E-state index in [9.17, 15) is 4.79 Å². The summed E-state index contributed by atoms with van der Waals surface area (Å²) >= 11 is 0. The number of methoxy groups -OCH3 is 1. The number of halogens is 1. The zero-order valence-corrected chi connectivity index (χ0v) is 21.0. The van der Waals surface area contributed by atoms with Crippen molar-refractivity contribution in [2.75, 3.05) is 44.7 Å². The van der Waals surface area contributed by atoms with Crippen LogP contribution in [-0.2, 0) is 10.2 Å². The van der Waals surface area contributed by atoms with Gasteiger partial charge in [-0.05, 0) is 50.4 Å². The summed E-state index contributed by atoms with van der Waals surface area (Å²) in [5, 5.41) is 0. The predicted molar refractivity (Wildman–Crippen MR) is 139 cm³/mol. The lowest BCUT2D eigenvalue weighted by molar-refractivity contribution is -0.129. The molecule has 0 amide bonds. The van der Waals surface area contributed by atoms with Crippen molar-refractivity contribution in [2.45, 2.75) is 50.9 Å². The number of hydrogen-bond donors (Lipinski definition) is 0. The van der Waals surface area contributed by atoms with E-state index in [1.54, 1.807) is 7.11 Å². The van der Waals surface area contributed by atoms with Crippen molar-refractivity contribution in [3.05, 3.63) is 60.2 Å². The van der Waals surface area contributed by atoms with E-state index in [1.807, 2.05) is 18.2 Å². The Bertz CT molecular complexity index is 876. The first-order valence-electron chi connectivity index (χ1n) is 12.3. The fraction of sp³-hybridized carbons (Fsp3) is 0.536. The highest BCUT2D eigenvalue weighted by Crippen LogP contribution is 2.37. The van der Waals surface area contributed by atoms with Crippen LogP contribution in [0.25, 0.3) is 0 Å². The number of para-hydroxylation sites is 2. The minimum absolute atomic E-state index is 0. The molecule has 2 aromatic carbocycles. The zero-order chi connectivity index (χ0) is 22.4. The summed E-state index contributed by atoms with van der Waals surface area (Å²) in [5.74, 6) is 1.64. The fourth-order valence-electron chi connectivity index (χ4n) is 5.52. The molecule has 1 atom stereocenters. The molecule has 1 saturated heterocycles. The third kappa shape index (κ3) is 5.91. The third-order valence-corrected chi connectivity index (χ3v) is 7.66. The SMILES string of the molecule is COc1ccccc1N1CCN(CCC(C)(C(=O)C2CCCCC2)c2ccccc2)CC1.Cl. The van der Waals surface area contributed by atoms with E-state index in [-0.39, 0.29) is 18.3 Å². The van der Waals surface area contributed by atoms with Crippen LogP contribution >= 0.6 is 12.4 Å². The van der Waals surface area contributed by atoms with Gasteiger partial charge in [-0.15, -0.1) is 12.4 Å². The zero-order valence-electron chi connectivity index (χ0n) is 20.2. The molecule has 1 unspecified atom stereocenters. The van der Waals surface area contributed by atoms with Crippen LogP contribution in [0, 0.1) is 5.92 Å². The number of hydrogen-bond acceptors (Lipinski definition) is 4. The van der Waals surface area contributed by atoms with Crippen LogP contribution in [0.3, 0.4) is 0 Å². The normalized spacial score (nSPS) is 19.4. The molecule has 180 valence electrons. The number of ether oxygens (including phenoxy) is 1. The van der Waals surface area contributed by atoms with Crippen molar-refractivity contribution >= 4 is 23.9 Å². The van der Waals surface area contributed by atoms with Crippen molar-refractivity contribution in [3.8, 4) is 5.75 Å². The Morgan fingerprint density at radius 2 is 1.58 bits per heavy atom. The van der Waals surface area contributed by atoms with Gasteiger partial charge in [0.2, 0.25) is 0 Å². The first-order chi connectivity index (χ1) is 15.6. The number of benzene rings is 2. The van der Waals surface area contributed by atoms with Gasteiger partial charge in [-0.2, -0.15) is 0 Å². The van der Waals surface area contributed by atoms with Crippen molar-refractivity contribution in [3.63, 3.8) is 0 Å². The number of anilines is 1. The summed E-state index contributed by atoms with van der Waals surface area (Å²) in [6.07, 6.45) is 6.71. The van der Waals surface area contributed by atoms with Crippen LogP contribution in [0.5, 0.6) is 5.75 Å². The second kappa shape index (κ2) is 11.9. The number of piperazine rings is 1. The third-order valence-electron chi connectivity index (χ3n) is 7.66. The summed E-state index contributed by atoms with van der Waals surface area (Å²) in [7, 11) is 1.74. The summed E-state index contributed by atoms with van der Waals surface area (Å²) in [6.45, 7) is 7.16. The number of rotatable bonds is 8. The van der Waals surface area contributed by atoms with Gasteiger partial charge in [0.25, 0.3) is 0 Å². The van der Waals surface area contributed by atoms with Crippen molar-refractivity contribution in [1.29, 1.82) is 0 Å². The van der Waals surface area contributed by atoms with Crippen LogP contribution in [0.1, 0.15) is 51.0 Å². The quantitative estimate of drug-likeness (QED) is 0.492. The highest BCUT2D eigenvalue weighted by atomic mass is 35.5. The lowest BCUT2D eigenvalue weighted by Crippen LogP contribution is -2.48. The Balaban J connectivity index is 0.00000306. The van der Waals surface area contributed by atoms with Crippen LogP contribution < -0.4 is 9.64 Å². The Kier molecular flexibility index (Phi) is 9.22. The molecule has 0 bridgehead atoms. The molecule has 2 aliphatic rings. The fourth-order valence-corrected chi connectivity index (χ4v) is 5.52. The van der Waals surface area contributed by atoms with Gasteiger partial charge in [0.15, 0.2) is 0 Å². The van der Waals surface area contributed by atoms with Crippen LogP contribution in [-0.4, -0.2) is 50.5 Å². The molecular formula is C28H39ClN2O2. The van der Waals surface area contributed by atoms with Gasteiger partial charge >= 0.3 is 0 Å². The monoisotopic (exact) mass is 470 g/mol. The average Bonchev–Trinajstić information content (AvgIpc) is 2.88. The highest BCUT2D eigenvalue weighted by molar-refractivity contribution is 5.91. The van der Waals surface area contributed by atoms with Gasteiger partial charge in [0.05, 0.1) is 18.2 Å². The molecule has 1 aliphatic heterocycles. The lowest BCUT2D eigenvalue weighted by atomic mass is 9.69. The molecule has 1 saturated carbocycles. The minimum Gasteiger partial charge on any atom is -0.495 e. The second-order valence-electron chi connectivity index (χ2n) is 9.65. The van der Waals surface area contributed by atoms with Crippen molar-refractivity contribution in [1.82, 2.24) is 4.90 Å². The Labute approximate surface area is 205 Å². The predicted octanol–water partition coefficient (Wildman–Crippen LogP) is 5.74.